The highest BCUT2D eigenvalue weighted by Gasteiger charge is 2.26. The van der Waals surface area contributed by atoms with E-state index in [2.05, 4.69) is 22.0 Å². The monoisotopic (exact) mass is 241 g/mol. The molecular formula is C13H27N3O. The van der Waals surface area contributed by atoms with Crippen LogP contribution in [-0.2, 0) is 4.74 Å². The maximum atomic E-state index is 5.14. The summed E-state index contributed by atoms with van der Waals surface area (Å²) in [5, 5.41) is 3.53. The van der Waals surface area contributed by atoms with Crippen molar-refractivity contribution in [2.24, 2.45) is 0 Å². The molecule has 0 amide bonds. The SMILES string of the molecule is COCCN1CCN(C2CCNC(C)C2)CC1. The molecule has 0 aromatic heterocycles. The van der Waals surface area contributed by atoms with E-state index < -0.39 is 0 Å². The molecule has 4 nitrogen and oxygen atoms in total. The van der Waals surface area contributed by atoms with Gasteiger partial charge in [0, 0.05) is 51.9 Å². The lowest BCUT2D eigenvalue weighted by atomic mass is 9.98. The number of piperidine rings is 1. The number of nitrogens with zero attached hydrogens (tertiary/aromatic N) is 2. The second kappa shape index (κ2) is 6.69. The van der Waals surface area contributed by atoms with Gasteiger partial charge in [-0.25, -0.2) is 0 Å². The van der Waals surface area contributed by atoms with Crippen LogP contribution < -0.4 is 5.32 Å². The largest absolute Gasteiger partial charge is 0.383 e. The molecule has 2 rings (SSSR count). The predicted molar refractivity (Wildman–Crippen MR) is 70.4 cm³/mol. The zero-order valence-electron chi connectivity index (χ0n) is 11.3. The number of nitrogens with one attached hydrogen (secondary N) is 1. The number of hydrogen-bond acceptors (Lipinski definition) is 4. The Hall–Kier alpha value is -0.160. The molecule has 0 aliphatic carbocycles. The van der Waals surface area contributed by atoms with Gasteiger partial charge in [0.15, 0.2) is 0 Å². The summed E-state index contributed by atoms with van der Waals surface area (Å²) in [6.07, 6.45) is 2.64. The Bertz CT molecular complexity index is 217. The summed E-state index contributed by atoms with van der Waals surface area (Å²) in [4.78, 5) is 5.21. The van der Waals surface area contributed by atoms with Gasteiger partial charge in [0.05, 0.1) is 6.61 Å². The van der Waals surface area contributed by atoms with E-state index in [9.17, 15) is 0 Å². The van der Waals surface area contributed by atoms with Crippen LogP contribution in [0.2, 0.25) is 0 Å². The molecule has 0 aromatic rings. The summed E-state index contributed by atoms with van der Waals surface area (Å²) in [5.74, 6) is 0. The summed E-state index contributed by atoms with van der Waals surface area (Å²) in [7, 11) is 1.78. The van der Waals surface area contributed by atoms with E-state index in [1.54, 1.807) is 7.11 Å². The summed E-state index contributed by atoms with van der Waals surface area (Å²) >= 11 is 0. The van der Waals surface area contributed by atoms with E-state index >= 15 is 0 Å². The minimum absolute atomic E-state index is 0.695. The third-order valence-electron chi connectivity index (χ3n) is 4.13. The fraction of sp³-hybridized carbons (Fsp3) is 1.00. The van der Waals surface area contributed by atoms with Crippen molar-refractivity contribution in [1.82, 2.24) is 15.1 Å². The minimum atomic E-state index is 0.695. The Kier molecular flexibility index (Phi) is 5.22. The van der Waals surface area contributed by atoms with E-state index in [1.165, 1.54) is 45.6 Å². The molecular weight excluding hydrogens is 214 g/mol. The first kappa shape index (κ1) is 13.3. The minimum Gasteiger partial charge on any atom is -0.383 e. The quantitative estimate of drug-likeness (QED) is 0.771. The lowest BCUT2D eigenvalue weighted by Crippen LogP contribution is -2.54. The van der Waals surface area contributed by atoms with Crippen molar-refractivity contribution in [1.29, 1.82) is 0 Å². The number of methoxy groups -OCH3 is 1. The average Bonchev–Trinajstić information content (AvgIpc) is 2.37. The van der Waals surface area contributed by atoms with E-state index in [-0.39, 0.29) is 0 Å². The molecule has 1 N–H and O–H groups in total. The zero-order chi connectivity index (χ0) is 12.1. The van der Waals surface area contributed by atoms with Crippen molar-refractivity contribution in [3.8, 4) is 0 Å². The van der Waals surface area contributed by atoms with Gasteiger partial charge in [-0.1, -0.05) is 0 Å². The molecule has 2 heterocycles. The van der Waals surface area contributed by atoms with Gasteiger partial charge in [-0.05, 0) is 26.3 Å². The molecule has 2 fully saturated rings. The molecule has 0 aromatic carbocycles. The van der Waals surface area contributed by atoms with Crippen LogP contribution in [-0.4, -0.2) is 74.9 Å². The van der Waals surface area contributed by atoms with Gasteiger partial charge in [-0.3, -0.25) is 9.80 Å². The van der Waals surface area contributed by atoms with Gasteiger partial charge in [-0.2, -0.15) is 0 Å². The van der Waals surface area contributed by atoms with Crippen molar-refractivity contribution >= 4 is 0 Å². The molecule has 0 radical (unpaired) electrons. The van der Waals surface area contributed by atoms with E-state index in [0.29, 0.717) is 6.04 Å². The Morgan fingerprint density at radius 3 is 2.65 bits per heavy atom. The molecule has 0 spiro atoms. The van der Waals surface area contributed by atoms with Crippen LogP contribution in [0.25, 0.3) is 0 Å². The van der Waals surface area contributed by atoms with Crippen molar-refractivity contribution in [3.05, 3.63) is 0 Å². The van der Waals surface area contributed by atoms with Crippen molar-refractivity contribution in [3.63, 3.8) is 0 Å². The highest BCUT2D eigenvalue weighted by molar-refractivity contribution is 4.85. The van der Waals surface area contributed by atoms with Crippen LogP contribution in [0.5, 0.6) is 0 Å². The number of rotatable bonds is 4. The second-order valence-corrected chi connectivity index (χ2v) is 5.40. The molecule has 17 heavy (non-hydrogen) atoms. The topological polar surface area (TPSA) is 27.7 Å². The molecule has 2 aliphatic heterocycles. The van der Waals surface area contributed by atoms with Gasteiger partial charge < -0.3 is 10.1 Å². The highest BCUT2D eigenvalue weighted by atomic mass is 16.5. The third kappa shape index (κ3) is 3.91. The van der Waals surface area contributed by atoms with Crippen LogP contribution in [0.3, 0.4) is 0 Å². The van der Waals surface area contributed by atoms with Crippen LogP contribution in [0.4, 0.5) is 0 Å². The molecule has 4 heteroatoms. The Morgan fingerprint density at radius 1 is 1.24 bits per heavy atom. The van der Waals surface area contributed by atoms with E-state index in [1.807, 2.05) is 0 Å². The molecule has 0 bridgehead atoms. The fourth-order valence-electron chi connectivity index (χ4n) is 3.01. The van der Waals surface area contributed by atoms with E-state index in [0.717, 1.165) is 19.2 Å². The summed E-state index contributed by atoms with van der Waals surface area (Å²) in [6.45, 7) is 10.3. The van der Waals surface area contributed by atoms with Crippen LogP contribution in [0.1, 0.15) is 19.8 Å². The Morgan fingerprint density at radius 2 is 2.00 bits per heavy atom. The maximum absolute atomic E-state index is 5.14. The number of ether oxygens (including phenoxy) is 1. The summed E-state index contributed by atoms with van der Waals surface area (Å²) in [6, 6.07) is 1.51. The van der Waals surface area contributed by atoms with Gasteiger partial charge in [0.1, 0.15) is 0 Å². The number of hydrogen-bond donors (Lipinski definition) is 1. The summed E-state index contributed by atoms with van der Waals surface area (Å²) in [5.41, 5.74) is 0. The first-order valence-corrected chi connectivity index (χ1v) is 6.98. The molecule has 2 atom stereocenters. The summed E-state index contributed by atoms with van der Waals surface area (Å²) < 4.78 is 5.14. The first-order chi connectivity index (χ1) is 8.29. The van der Waals surface area contributed by atoms with Gasteiger partial charge in [-0.15, -0.1) is 0 Å². The lowest BCUT2D eigenvalue weighted by Gasteiger charge is -2.42. The first-order valence-electron chi connectivity index (χ1n) is 6.98. The van der Waals surface area contributed by atoms with Gasteiger partial charge >= 0.3 is 0 Å². The van der Waals surface area contributed by atoms with Crippen LogP contribution in [0.15, 0.2) is 0 Å². The van der Waals surface area contributed by atoms with Crippen LogP contribution in [0, 0.1) is 0 Å². The lowest BCUT2D eigenvalue weighted by molar-refractivity contribution is 0.0604. The molecule has 2 saturated heterocycles. The molecule has 0 saturated carbocycles. The predicted octanol–water partition coefficient (Wildman–Crippen LogP) is 0.391. The fourth-order valence-corrected chi connectivity index (χ4v) is 3.01. The number of piperazine rings is 1. The van der Waals surface area contributed by atoms with Crippen molar-refractivity contribution in [2.75, 3.05) is 53.0 Å². The average molecular weight is 241 g/mol. The molecule has 2 aliphatic rings. The maximum Gasteiger partial charge on any atom is 0.0589 e. The standard InChI is InChI=1S/C13H27N3O/c1-12-11-13(3-4-14-12)16-7-5-15(6-8-16)9-10-17-2/h12-14H,3-11H2,1-2H3. The third-order valence-corrected chi connectivity index (χ3v) is 4.13. The van der Waals surface area contributed by atoms with Gasteiger partial charge in [0.2, 0.25) is 0 Å². The van der Waals surface area contributed by atoms with E-state index in [4.69, 9.17) is 4.74 Å². The Labute approximate surface area is 105 Å². The normalized spacial score (nSPS) is 32.8. The zero-order valence-corrected chi connectivity index (χ0v) is 11.3. The van der Waals surface area contributed by atoms with Gasteiger partial charge in [0.25, 0.3) is 0 Å². The smallest absolute Gasteiger partial charge is 0.0589 e. The van der Waals surface area contributed by atoms with Crippen molar-refractivity contribution in [2.45, 2.75) is 31.8 Å². The van der Waals surface area contributed by atoms with Crippen molar-refractivity contribution < 1.29 is 4.74 Å². The van der Waals surface area contributed by atoms with Crippen LogP contribution >= 0.6 is 0 Å². The molecule has 100 valence electrons. The highest BCUT2D eigenvalue weighted by Crippen LogP contribution is 2.17. The Balaban J connectivity index is 1.71. The second-order valence-electron chi connectivity index (χ2n) is 5.40. The molecule has 2 unspecified atom stereocenters.